The molecule has 1 aromatic heterocycles. The van der Waals surface area contributed by atoms with Crippen LogP contribution in [-0.2, 0) is 0 Å². The van der Waals surface area contributed by atoms with Crippen molar-refractivity contribution in [2.45, 2.75) is 25.0 Å². The van der Waals surface area contributed by atoms with E-state index in [1.165, 1.54) is 0 Å². The van der Waals surface area contributed by atoms with Gasteiger partial charge >= 0.3 is 0 Å². The summed E-state index contributed by atoms with van der Waals surface area (Å²) in [6.45, 7) is 0. The van der Waals surface area contributed by atoms with Crippen LogP contribution in [0.5, 0.6) is 5.75 Å². The van der Waals surface area contributed by atoms with Gasteiger partial charge in [-0.15, -0.1) is 0 Å². The minimum absolute atomic E-state index is 0.288. The number of aromatic nitrogens is 1. The van der Waals surface area contributed by atoms with E-state index in [1.807, 2.05) is 30.3 Å². The van der Waals surface area contributed by atoms with Crippen molar-refractivity contribution < 1.29 is 4.74 Å². The molecule has 3 heteroatoms. The first-order valence-corrected chi connectivity index (χ1v) is 5.58. The highest BCUT2D eigenvalue weighted by atomic mass is 16.5. The Bertz CT molecular complexity index is 506. The molecule has 3 nitrogen and oxygen atoms in total. The minimum Gasteiger partial charge on any atom is -0.490 e. The maximum atomic E-state index is 5.81. The number of nitrogens with zero attached hydrogens (tertiary/aromatic N) is 1. The van der Waals surface area contributed by atoms with Crippen molar-refractivity contribution >= 4 is 10.9 Å². The van der Waals surface area contributed by atoms with E-state index >= 15 is 0 Å². The standard InChI is InChI=1S/C13H14N2O/c14-10-6-12(7-10)16-11-4-3-9-2-1-5-15-13(9)8-11/h1-5,8,10,12H,6-7,14H2. The molecule has 1 aliphatic carbocycles. The Morgan fingerprint density at radius 2 is 2.12 bits per heavy atom. The van der Waals surface area contributed by atoms with Gasteiger partial charge in [0, 0.05) is 23.7 Å². The minimum atomic E-state index is 0.288. The number of rotatable bonds is 2. The second-order valence-corrected chi connectivity index (χ2v) is 4.33. The lowest BCUT2D eigenvalue weighted by molar-refractivity contribution is 0.101. The van der Waals surface area contributed by atoms with Crippen molar-refractivity contribution in [3.63, 3.8) is 0 Å². The maximum absolute atomic E-state index is 5.81. The zero-order valence-corrected chi connectivity index (χ0v) is 8.97. The molecule has 0 unspecified atom stereocenters. The second kappa shape index (κ2) is 3.76. The predicted molar refractivity (Wildman–Crippen MR) is 63.4 cm³/mol. The lowest BCUT2D eigenvalue weighted by Gasteiger charge is -2.32. The third-order valence-corrected chi connectivity index (χ3v) is 3.01. The summed E-state index contributed by atoms with van der Waals surface area (Å²) in [4.78, 5) is 4.30. The van der Waals surface area contributed by atoms with E-state index in [1.54, 1.807) is 6.20 Å². The van der Waals surface area contributed by atoms with Crippen LogP contribution in [0.4, 0.5) is 0 Å². The van der Waals surface area contributed by atoms with Crippen molar-refractivity contribution in [2.24, 2.45) is 5.73 Å². The van der Waals surface area contributed by atoms with Gasteiger partial charge in [0.05, 0.1) is 5.52 Å². The van der Waals surface area contributed by atoms with E-state index in [0.29, 0.717) is 6.04 Å². The van der Waals surface area contributed by atoms with Gasteiger partial charge in [0.15, 0.2) is 0 Å². The van der Waals surface area contributed by atoms with E-state index in [0.717, 1.165) is 29.5 Å². The third kappa shape index (κ3) is 1.74. The fraction of sp³-hybridized carbons (Fsp3) is 0.308. The molecule has 0 aliphatic heterocycles. The summed E-state index contributed by atoms with van der Waals surface area (Å²) in [6, 6.07) is 10.3. The quantitative estimate of drug-likeness (QED) is 0.832. The monoisotopic (exact) mass is 214 g/mol. The van der Waals surface area contributed by atoms with Gasteiger partial charge in [0.2, 0.25) is 0 Å². The van der Waals surface area contributed by atoms with Crippen LogP contribution in [0.2, 0.25) is 0 Å². The summed E-state index contributed by atoms with van der Waals surface area (Å²) >= 11 is 0. The van der Waals surface area contributed by atoms with Crippen LogP contribution in [0.25, 0.3) is 10.9 Å². The zero-order valence-electron chi connectivity index (χ0n) is 8.97. The topological polar surface area (TPSA) is 48.1 Å². The Balaban J connectivity index is 1.82. The van der Waals surface area contributed by atoms with Gasteiger partial charge in [-0.1, -0.05) is 6.07 Å². The molecule has 0 radical (unpaired) electrons. The fourth-order valence-corrected chi connectivity index (χ4v) is 2.01. The molecule has 1 aliphatic rings. The number of ether oxygens (including phenoxy) is 1. The SMILES string of the molecule is NC1CC(Oc2ccc3cccnc3c2)C1. The number of hydrogen-bond acceptors (Lipinski definition) is 3. The molecule has 16 heavy (non-hydrogen) atoms. The lowest BCUT2D eigenvalue weighted by Crippen LogP contribution is -2.43. The Morgan fingerprint density at radius 1 is 1.25 bits per heavy atom. The van der Waals surface area contributed by atoms with E-state index < -0.39 is 0 Å². The normalized spacial score (nSPS) is 24.1. The number of pyridine rings is 1. The molecule has 0 saturated heterocycles. The van der Waals surface area contributed by atoms with Gasteiger partial charge < -0.3 is 10.5 Å². The van der Waals surface area contributed by atoms with Gasteiger partial charge in [-0.25, -0.2) is 0 Å². The highest BCUT2D eigenvalue weighted by molar-refractivity contribution is 5.79. The van der Waals surface area contributed by atoms with Gasteiger partial charge in [-0.3, -0.25) is 4.98 Å². The van der Waals surface area contributed by atoms with Crippen LogP contribution >= 0.6 is 0 Å². The molecule has 0 amide bonds. The summed E-state index contributed by atoms with van der Waals surface area (Å²) in [5.74, 6) is 0.892. The number of benzene rings is 1. The average Bonchev–Trinajstić information content (AvgIpc) is 2.27. The highest BCUT2D eigenvalue weighted by Crippen LogP contribution is 2.26. The van der Waals surface area contributed by atoms with Crippen molar-refractivity contribution in [1.82, 2.24) is 4.98 Å². The molecule has 2 N–H and O–H groups in total. The van der Waals surface area contributed by atoms with Gasteiger partial charge in [-0.05, 0) is 31.0 Å². The average molecular weight is 214 g/mol. The Morgan fingerprint density at radius 3 is 2.94 bits per heavy atom. The maximum Gasteiger partial charge on any atom is 0.121 e. The van der Waals surface area contributed by atoms with Gasteiger partial charge in [0.1, 0.15) is 11.9 Å². The van der Waals surface area contributed by atoms with Crippen LogP contribution in [0.1, 0.15) is 12.8 Å². The molecule has 0 spiro atoms. The molecule has 0 atom stereocenters. The largest absolute Gasteiger partial charge is 0.490 e. The molecule has 3 rings (SSSR count). The molecular formula is C13H14N2O. The van der Waals surface area contributed by atoms with Crippen LogP contribution in [0.15, 0.2) is 36.5 Å². The predicted octanol–water partition coefficient (Wildman–Crippen LogP) is 2.10. The summed E-state index contributed by atoms with van der Waals surface area (Å²) in [7, 11) is 0. The first-order chi connectivity index (χ1) is 7.81. The van der Waals surface area contributed by atoms with E-state index in [9.17, 15) is 0 Å². The highest BCUT2D eigenvalue weighted by Gasteiger charge is 2.27. The first-order valence-electron chi connectivity index (χ1n) is 5.58. The van der Waals surface area contributed by atoms with Gasteiger partial charge in [0.25, 0.3) is 0 Å². The molecule has 2 aromatic rings. The number of fused-ring (bicyclic) bond motifs is 1. The smallest absolute Gasteiger partial charge is 0.121 e. The Hall–Kier alpha value is -1.61. The molecule has 1 fully saturated rings. The summed E-state index contributed by atoms with van der Waals surface area (Å²) in [5.41, 5.74) is 6.70. The molecule has 1 saturated carbocycles. The number of hydrogen-bond donors (Lipinski definition) is 1. The van der Waals surface area contributed by atoms with Crippen molar-refractivity contribution in [3.05, 3.63) is 36.5 Å². The van der Waals surface area contributed by atoms with Crippen LogP contribution < -0.4 is 10.5 Å². The van der Waals surface area contributed by atoms with E-state index in [-0.39, 0.29) is 6.10 Å². The Kier molecular flexibility index (Phi) is 2.26. The molecule has 0 bridgehead atoms. The molecular weight excluding hydrogens is 200 g/mol. The summed E-state index contributed by atoms with van der Waals surface area (Å²) in [5, 5.41) is 1.14. The van der Waals surface area contributed by atoms with Crippen molar-refractivity contribution in [2.75, 3.05) is 0 Å². The molecule has 82 valence electrons. The first kappa shape index (κ1) is 9.60. The van der Waals surface area contributed by atoms with Gasteiger partial charge in [-0.2, -0.15) is 0 Å². The molecule has 1 aromatic carbocycles. The fourth-order valence-electron chi connectivity index (χ4n) is 2.01. The third-order valence-electron chi connectivity index (χ3n) is 3.01. The number of nitrogens with two attached hydrogens (primary N) is 1. The Labute approximate surface area is 94.2 Å². The zero-order chi connectivity index (χ0) is 11.0. The van der Waals surface area contributed by atoms with Crippen molar-refractivity contribution in [1.29, 1.82) is 0 Å². The van der Waals surface area contributed by atoms with E-state index in [2.05, 4.69) is 4.98 Å². The van der Waals surface area contributed by atoms with Crippen LogP contribution in [-0.4, -0.2) is 17.1 Å². The second-order valence-electron chi connectivity index (χ2n) is 4.33. The van der Waals surface area contributed by atoms with Crippen LogP contribution in [0, 0.1) is 0 Å². The van der Waals surface area contributed by atoms with Crippen molar-refractivity contribution in [3.8, 4) is 5.75 Å². The summed E-state index contributed by atoms with van der Waals surface area (Å²) < 4.78 is 5.81. The lowest BCUT2D eigenvalue weighted by atomic mass is 9.90. The molecule has 1 heterocycles. The van der Waals surface area contributed by atoms with Crippen LogP contribution in [0.3, 0.4) is 0 Å². The summed E-state index contributed by atoms with van der Waals surface area (Å²) in [6.07, 6.45) is 4.00. The van der Waals surface area contributed by atoms with E-state index in [4.69, 9.17) is 10.5 Å².